The van der Waals surface area contributed by atoms with Gasteiger partial charge in [-0.25, -0.2) is 8.42 Å². The number of aryl methyl sites for hydroxylation is 1. The van der Waals surface area contributed by atoms with Crippen LogP contribution in [0.5, 0.6) is 5.75 Å². The third-order valence-electron chi connectivity index (χ3n) is 4.50. The van der Waals surface area contributed by atoms with Crippen molar-refractivity contribution in [3.05, 3.63) is 59.7 Å². The van der Waals surface area contributed by atoms with Crippen LogP contribution in [-0.4, -0.2) is 38.8 Å². The van der Waals surface area contributed by atoms with Crippen molar-refractivity contribution in [1.82, 2.24) is 9.62 Å². The van der Waals surface area contributed by atoms with Crippen molar-refractivity contribution >= 4 is 15.9 Å². The summed E-state index contributed by atoms with van der Waals surface area (Å²) in [6.07, 6.45) is 0.836. The second-order valence-corrected chi connectivity index (χ2v) is 9.35. The van der Waals surface area contributed by atoms with Crippen LogP contribution in [0.2, 0.25) is 0 Å². The first-order chi connectivity index (χ1) is 13.7. The first-order valence-corrected chi connectivity index (χ1v) is 11.1. The zero-order valence-electron chi connectivity index (χ0n) is 17.5. The highest BCUT2D eigenvalue weighted by molar-refractivity contribution is 7.89. The topological polar surface area (TPSA) is 75.7 Å². The van der Waals surface area contributed by atoms with Gasteiger partial charge in [0.25, 0.3) is 0 Å². The number of amides is 1. The molecule has 2 aromatic carbocycles. The molecule has 1 amide bonds. The number of nitrogens with one attached hydrogen (secondary N) is 1. The molecule has 2 rings (SSSR count). The van der Waals surface area contributed by atoms with Gasteiger partial charge in [-0.05, 0) is 42.5 Å². The standard InChI is InChI=1S/C22H30N2O4S/c1-17(2)12-13-23-22(25)16-24(15-19-8-6-5-7-9-19)29(26,27)21-14-18(3)10-11-20(21)28-4/h5-11,14,17H,12-13,15-16H2,1-4H3,(H,23,25). The second-order valence-electron chi connectivity index (χ2n) is 7.45. The third kappa shape index (κ3) is 6.58. The lowest BCUT2D eigenvalue weighted by atomic mass is 10.1. The van der Waals surface area contributed by atoms with E-state index in [1.54, 1.807) is 18.2 Å². The fraction of sp³-hybridized carbons (Fsp3) is 0.409. The van der Waals surface area contributed by atoms with Gasteiger partial charge in [-0.3, -0.25) is 4.79 Å². The van der Waals surface area contributed by atoms with Crippen LogP contribution in [0, 0.1) is 12.8 Å². The minimum absolute atomic E-state index is 0.0610. The van der Waals surface area contributed by atoms with Gasteiger partial charge in [-0.1, -0.05) is 50.2 Å². The summed E-state index contributed by atoms with van der Waals surface area (Å²) < 4.78 is 33.4. The number of rotatable bonds is 10. The number of carbonyl (C=O) groups is 1. The quantitative estimate of drug-likeness (QED) is 0.642. The number of benzene rings is 2. The monoisotopic (exact) mass is 418 g/mol. The van der Waals surface area contributed by atoms with E-state index < -0.39 is 10.0 Å². The zero-order valence-corrected chi connectivity index (χ0v) is 18.3. The molecule has 0 radical (unpaired) electrons. The highest BCUT2D eigenvalue weighted by Gasteiger charge is 2.29. The normalized spacial score (nSPS) is 11.7. The Balaban J connectivity index is 2.33. The van der Waals surface area contributed by atoms with Crippen molar-refractivity contribution in [2.75, 3.05) is 20.2 Å². The van der Waals surface area contributed by atoms with Gasteiger partial charge in [0.15, 0.2) is 0 Å². The van der Waals surface area contributed by atoms with Crippen LogP contribution in [0.1, 0.15) is 31.4 Å². The Hall–Kier alpha value is -2.38. The molecule has 0 aliphatic carbocycles. The maximum absolute atomic E-state index is 13.5. The number of hydrogen-bond donors (Lipinski definition) is 1. The van der Waals surface area contributed by atoms with Crippen molar-refractivity contribution in [3.8, 4) is 5.75 Å². The Morgan fingerprint density at radius 1 is 1.14 bits per heavy atom. The van der Waals surface area contributed by atoms with Crippen LogP contribution in [0.25, 0.3) is 0 Å². The Morgan fingerprint density at radius 3 is 2.45 bits per heavy atom. The predicted molar refractivity (Wildman–Crippen MR) is 114 cm³/mol. The highest BCUT2D eigenvalue weighted by Crippen LogP contribution is 2.28. The first-order valence-electron chi connectivity index (χ1n) is 9.69. The van der Waals surface area contributed by atoms with Gasteiger partial charge in [0.1, 0.15) is 10.6 Å². The van der Waals surface area contributed by atoms with Gasteiger partial charge in [-0.15, -0.1) is 0 Å². The molecule has 0 aromatic heterocycles. The minimum atomic E-state index is -3.95. The first kappa shape index (κ1) is 22.9. The number of carbonyl (C=O) groups excluding carboxylic acids is 1. The molecular formula is C22H30N2O4S. The molecule has 0 fully saturated rings. The molecule has 6 nitrogen and oxygen atoms in total. The Morgan fingerprint density at radius 2 is 1.83 bits per heavy atom. The maximum atomic E-state index is 13.5. The lowest BCUT2D eigenvalue weighted by Crippen LogP contribution is -2.40. The van der Waals surface area contributed by atoms with E-state index in [9.17, 15) is 13.2 Å². The summed E-state index contributed by atoms with van der Waals surface area (Å²) in [7, 11) is -2.52. The average Bonchev–Trinajstić information content (AvgIpc) is 2.68. The molecule has 0 aliphatic heterocycles. The van der Waals surface area contributed by atoms with E-state index in [1.165, 1.54) is 11.4 Å². The number of sulfonamides is 1. The molecule has 0 unspecified atom stereocenters. The van der Waals surface area contributed by atoms with Crippen molar-refractivity contribution in [2.45, 2.75) is 38.6 Å². The third-order valence-corrected chi connectivity index (χ3v) is 6.32. The molecule has 1 N–H and O–H groups in total. The molecule has 0 aliphatic rings. The molecule has 2 aromatic rings. The molecule has 0 atom stereocenters. The largest absolute Gasteiger partial charge is 0.495 e. The van der Waals surface area contributed by atoms with E-state index in [4.69, 9.17) is 4.74 Å². The smallest absolute Gasteiger partial charge is 0.247 e. The Bertz CT molecular complexity index is 912. The van der Waals surface area contributed by atoms with Gasteiger partial charge in [-0.2, -0.15) is 4.31 Å². The summed E-state index contributed by atoms with van der Waals surface area (Å²) in [6, 6.07) is 14.2. The maximum Gasteiger partial charge on any atom is 0.247 e. The lowest BCUT2D eigenvalue weighted by Gasteiger charge is -2.23. The van der Waals surface area contributed by atoms with Crippen LogP contribution in [0.15, 0.2) is 53.4 Å². The van der Waals surface area contributed by atoms with Crippen molar-refractivity contribution in [2.24, 2.45) is 5.92 Å². The van der Waals surface area contributed by atoms with E-state index in [1.807, 2.05) is 37.3 Å². The summed E-state index contributed by atoms with van der Waals surface area (Å²) >= 11 is 0. The fourth-order valence-electron chi connectivity index (χ4n) is 2.85. The van der Waals surface area contributed by atoms with Crippen molar-refractivity contribution in [1.29, 1.82) is 0 Å². The van der Waals surface area contributed by atoms with Crippen LogP contribution >= 0.6 is 0 Å². The highest BCUT2D eigenvalue weighted by atomic mass is 32.2. The van der Waals surface area contributed by atoms with E-state index >= 15 is 0 Å². The molecule has 0 bridgehead atoms. The molecule has 0 heterocycles. The molecule has 29 heavy (non-hydrogen) atoms. The number of hydrogen-bond acceptors (Lipinski definition) is 4. The van der Waals surface area contributed by atoms with Crippen molar-refractivity contribution in [3.63, 3.8) is 0 Å². The van der Waals surface area contributed by atoms with E-state index in [-0.39, 0.29) is 29.6 Å². The molecule has 0 saturated heterocycles. The van der Waals surface area contributed by atoms with Gasteiger partial charge in [0, 0.05) is 13.1 Å². The number of nitrogens with zero attached hydrogens (tertiary/aromatic N) is 1. The summed E-state index contributed by atoms with van der Waals surface area (Å²) in [6.45, 7) is 6.32. The molecule has 158 valence electrons. The van der Waals surface area contributed by atoms with E-state index in [0.717, 1.165) is 17.5 Å². The number of methoxy groups -OCH3 is 1. The number of ether oxygens (including phenoxy) is 1. The zero-order chi connectivity index (χ0) is 21.4. The molecule has 7 heteroatoms. The predicted octanol–water partition coefficient (Wildman–Crippen LogP) is 3.36. The van der Waals surface area contributed by atoms with Gasteiger partial charge >= 0.3 is 0 Å². The summed E-state index contributed by atoms with van der Waals surface area (Å²) in [5, 5.41) is 2.82. The second kappa shape index (κ2) is 10.4. The van der Waals surface area contributed by atoms with Crippen LogP contribution in [-0.2, 0) is 21.4 Å². The van der Waals surface area contributed by atoms with Crippen molar-refractivity contribution < 1.29 is 17.9 Å². The van der Waals surface area contributed by atoms with Gasteiger partial charge < -0.3 is 10.1 Å². The summed E-state index contributed by atoms with van der Waals surface area (Å²) in [4.78, 5) is 12.5. The van der Waals surface area contributed by atoms with Gasteiger partial charge in [0.05, 0.1) is 13.7 Å². The Labute approximate surface area is 173 Å². The minimum Gasteiger partial charge on any atom is -0.495 e. The van der Waals surface area contributed by atoms with Crippen LogP contribution in [0.3, 0.4) is 0 Å². The summed E-state index contributed by atoms with van der Waals surface area (Å²) in [5.74, 6) is 0.390. The van der Waals surface area contributed by atoms with E-state index in [2.05, 4.69) is 19.2 Å². The van der Waals surface area contributed by atoms with Crippen LogP contribution in [0.4, 0.5) is 0 Å². The lowest BCUT2D eigenvalue weighted by molar-refractivity contribution is -0.121. The summed E-state index contributed by atoms with van der Waals surface area (Å²) in [5.41, 5.74) is 1.60. The molecule has 0 spiro atoms. The SMILES string of the molecule is COc1ccc(C)cc1S(=O)(=O)N(CC(=O)NCCC(C)C)Cc1ccccc1. The molecule has 0 saturated carbocycles. The van der Waals surface area contributed by atoms with Gasteiger partial charge in [0.2, 0.25) is 15.9 Å². The van der Waals surface area contributed by atoms with E-state index in [0.29, 0.717) is 12.5 Å². The fourth-order valence-corrected chi connectivity index (χ4v) is 4.48. The molecular weight excluding hydrogens is 388 g/mol. The van der Waals surface area contributed by atoms with Crippen LogP contribution < -0.4 is 10.1 Å². The average molecular weight is 419 g/mol. The Kier molecular flexibility index (Phi) is 8.22.